The highest BCUT2D eigenvalue weighted by Crippen LogP contribution is 2.23. The highest BCUT2D eigenvalue weighted by molar-refractivity contribution is 5.60. The van der Waals surface area contributed by atoms with Gasteiger partial charge in [-0.05, 0) is 49.6 Å². The molecule has 2 fully saturated rings. The molecule has 5 rings (SSSR count). The average molecular weight is 448 g/mol. The summed E-state index contributed by atoms with van der Waals surface area (Å²) < 4.78 is 0. The van der Waals surface area contributed by atoms with Gasteiger partial charge in [0.2, 0.25) is 17.8 Å². The average Bonchev–Trinajstić information content (AvgIpc) is 2.85. The number of aromatic nitrogens is 5. The number of nitrogens with one attached hydrogen (secondary N) is 1. The van der Waals surface area contributed by atoms with Crippen molar-refractivity contribution < 1.29 is 5.11 Å². The number of benzene rings is 1. The van der Waals surface area contributed by atoms with Gasteiger partial charge in [0.05, 0.1) is 6.10 Å². The summed E-state index contributed by atoms with van der Waals surface area (Å²) >= 11 is 0. The Balaban J connectivity index is 1.19. The number of hydrogen-bond acceptors (Lipinski definition) is 10. The molecule has 0 amide bonds. The molecular formula is C23H29N9O. The van der Waals surface area contributed by atoms with Crippen molar-refractivity contribution in [2.45, 2.75) is 25.9 Å². The van der Waals surface area contributed by atoms with Gasteiger partial charge in [-0.3, -0.25) is 0 Å². The molecule has 1 atom stereocenters. The minimum absolute atomic E-state index is 0.244. The van der Waals surface area contributed by atoms with Crippen molar-refractivity contribution in [2.24, 2.45) is 0 Å². The van der Waals surface area contributed by atoms with Crippen LogP contribution in [0, 0.1) is 6.92 Å². The molecule has 0 radical (unpaired) electrons. The summed E-state index contributed by atoms with van der Waals surface area (Å²) in [5.74, 6) is 1.95. The molecule has 3 aromatic rings. The third kappa shape index (κ3) is 5.11. The van der Waals surface area contributed by atoms with E-state index in [-0.39, 0.29) is 6.10 Å². The van der Waals surface area contributed by atoms with Crippen LogP contribution < -0.4 is 20.0 Å². The third-order valence-electron chi connectivity index (χ3n) is 6.06. The largest absolute Gasteiger partial charge is 0.391 e. The molecule has 33 heavy (non-hydrogen) atoms. The highest BCUT2D eigenvalue weighted by Gasteiger charge is 2.21. The fourth-order valence-electron chi connectivity index (χ4n) is 4.23. The van der Waals surface area contributed by atoms with E-state index >= 15 is 0 Å². The first-order valence-electron chi connectivity index (χ1n) is 11.4. The molecule has 10 heteroatoms. The van der Waals surface area contributed by atoms with Gasteiger partial charge in [0, 0.05) is 63.0 Å². The molecule has 0 bridgehead atoms. The van der Waals surface area contributed by atoms with Crippen molar-refractivity contribution >= 4 is 29.2 Å². The third-order valence-corrected chi connectivity index (χ3v) is 6.06. The number of piperazine rings is 1. The summed E-state index contributed by atoms with van der Waals surface area (Å²) in [6.45, 7) is 6.85. The molecule has 1 aromatic carbocycles. The molecule has 0 aliphatic carbocycles. The Labute approximate surface area is 193 Å². The molecule has 4 heterocycles. The Morgan fingerprint density at radius 2 is 1.55 bits per heavy atom. The standard InChI is InChI=1S/C23H29N9O/c1-17-13-24-22(25-14-17)30-9-11-31(12-10-30)23-27-16-26-21(29-23)28-18-4-6-19(7-5-18)32-8-2-3-20(33)15-32/h4-7,13-14,16,20,33H,2-3,8-12,15H2,1H3,(H,26,27,28,29)/t20-/m1/s1. The normalized spacial score (nSPS) is 19.0. The molecule has 2 saturated heterocycles. The Hall–Kier alpha value is -3.53. The second kappa shape index (κ2) is 9.53. The van der Waals surface area contributed by atoms with Gasteiger partial charge in [-0.2, -0.15) is 4.98 Å². The van der Waals surface area contributed by atoms with Crippen molar-refractivity contribution in [1.29, 1.82) is 0 Å². The zero-order valence-corrected chi connectivity index (χ0v) is 18.8. The van der Waals surface area contributed by atoms with Crippen molar-refractivity contribution in [3.63, 3.8) is 0 Å². The lowest BCUT2D eigenvalue weighted by atomic mass is 10.1. The van der Waals surface area contributed by atoms with Gasteiger partial charge in [-0.25, -0.2) is 19.9 Å². The number of hydrogen-bond donors (Lipinski definition) is 2. The minimum atomic E-state index is -0.244. The predicted molar refractivity (Wildman–Crippen MR) is 128 cm³/mol. The van der Waals surface area contributed by atoms with Gasteiger partial charge in [0.25, 0.3) is 0 Å². The quantitative estimate of drug-likeness (QED) is 0.603. The number of aliphatic hydroxyl groups is 1. The van der Waals surface area contributed by atoms with E-state index in [0.717, 1.165) is 68.5 Å². The summed E-state index contributed by atoms with van der Waals surface area (Å²) in [5.41, 5.74) is 3.09. The van der Waals surface area contributed by atoms with Gasteiger partial charge >= 0.3 is 0 Å². The smallest absolute Gasteiger partial charge is 0.231 e. The summed E-state index contributed by atoms with van der Waals surface area (Å²) in [4.78, 5) is 28.7. The number of β-amino-alcohol motifs (C(OH)–C–C–N with tert-alkyl or cyclic N) is 1. The van der Waals surface area contributed by atoms with Crippen LogP contribution in [0.4, 0.5) is 29.2 Å². The first-order chi connectivity index (χ1) is 16.1. The van der Waals surface area contributed by atoms with E-state index in [4.69, 9.17) is 0 Å². The van der Waals surface area contributed by atoms with E-state index < -0.39 is 0 Å². The van der Waals surface area contributed by atoms with Crippen molar-refractivity contribution in [2.75, 3.05) is 59.3 Å². The summed E-state index contributed by atoms with van der Waals surface area (Å²) in [6, 6.07) is 8.16. The van der Waals surface area contributed by atoms with Gasteiger partial charge in [0.1, 0.15) is 6.33 Å². The highest BCUT2D eigenvalue weighted by atomic mass is 16.3. The van der Waals surface area contributed by atoms with E-state index in [1.165, 1.54) is 0 Å². The number of rotatable bonds is 5. The van der Waals surface area contributed by atoms with Crippen LogP contribution in [-0.4, -0.2) is 75.4 Å². The van der Waals surface area contributed by atoms with Gasteiger partial charge in [0.15, 0.2) is 0 Å². The van der Waals surface area contributed by atoms with Crippen LogP contribution in [0.5, 0.6) is 0 Å². The number of anilines is 5. The first kappa shape index (κ1) is 21.3. The monoisotopic (exact) mass is 447 g/mol. The van der Waals surface area contributed by atoms with Crippen LogP contribution in [0.2, 0.25) is 0 Å². The van der Waals surface area contributed by atoms with E-state index in [1.807, 2.05) is 31.5 Å². The second-order valence-corrected chi connectivity index (χ2v) is 8.56. The number of piperidine rings is 1. The van der Waals surface area contributed by atoms with E-state index in [0.29, 0.717) is 18.4 Å². The summed E-state index contributed by atoms with van der Waals surface area (Å²) in [7, 11) is 0. The van der Waals surface area contributed by atoms with Crippen LogP contribution in [0.1, 0.15) is 18.4 Å². The number of aryl methyl sites for hydroxylation is 1. The molecule has 2 aromatic heterocycles. The molecule has 2 aliphatic heterocycles. The lowest BCUT2D eigenvalue weighted by Crippen LogP contribution is -2.47. The Kier molecular flexibility index (Phi) is 6.16. The zero-order chi connectivity index (χ0) is 22.6. The lowest BCUT2D eigenvalue weighted by molar-refractivity contribution is 0.154. The van der Waals surface area contributed by atoms with Crippen LogP contribution in [0.3, 0.4) is 0 Å². The maximum Gasteiger partial charge on any atom is 0.231 e. The van der Waals surface area contributed by atoms with E-state index in [9.17, 15) is 5.11 Å². The zero-order valence-electron chi connectivity index (χ0n) is 18.8. The predicted octanol–water partition coefficient (Wildman–Crippen LogP) is 2.00. The molecule has 172 valence electrons. The number of aliphatic hydroxyl groups excluding tert-OH is 1. The maximum atomic E-state index is 9.92. The fourth-order valence-corrected chi connectivity index (χ4v) is 4.23. The number of nitrogens with zero attached hydrogens (tertiary/aromatic N) is 8. The van der Waals surface area contributed by atoms with Gasteiger partial charge in [-0.15, -0.1) is 0 Å². The molecular weight excluding hydrogens is 418 g/mol. The van der Waals surface area contributed by atoms with Crippen LogP contribution in [0.15, 0.2) is 43.0 Å². The molecule has 0 spiro atoms. The second-order valence-electron chi connectivity index (χ2n) is 8.56. The molecule has 0 unspecified atom stereocenters. The van der Waals surface area contributed by atoms with Gasteiger partial charge in [-0.1, -0.05) is 0 Å². The Morgan fingerprint density at radius 3 is 2.24 bits per heavy atom. The van der Waals surface area contributed by atoms with Crippen molar-refractivity contribution in [3.8, 4) is 0 Å². The minimum Gasteiger partial charge on any atom is -0.391 e. The first-order valence-corrected chi connectivity index (χ1v) is 11.4. The molecule has 10 nitrogen and oxygen atoms in total. The molecule has 0 saturated carbocycles. The van der Waals surface area contributed by atoms with Crippen LogP contribution >= 0.6 is 0 Å². The molecule has 2 aliphatic rings. The maximum absolute atomic E-state index is 9.92. The fraction of sp³-hybridized carbons (Fsp3) is 0.435. The topological polar surface area (TPSA) is 106 Å². The van der Waals surface area contributed by atoms with E-state index in [1.54, 1.807) is 6.33 Å². The van der Waals surface area contributed by atoms with Crippen LogP contribution in [-0.2, 0) is 0 Å². The summed E-state index contributed by atoms with van der Waals surface area (Å²) in [5, 5.41) is 13.2. The van der Waals surface area contributed by atoms with Crippen molar-refractivity contribution in [1.82, 2.24) is 24.9 Å². The SMILES string of the molecule is Cc1cnc(N2CCN(c3ncnc(Nc4ccc(N5CCC[C@@H](O)C5)cc4)n3)CC2)nc1. The molecule has 2 N–H and O–H groups in total. The van der Waals surface area contributed by atoms with Crippen LogP contribution in [0.25, 0.3) is 0 Å². The van der Waals surface area contributed by atoms with Gasteiger partial charge < -0.3 is 25.1 Å². The Bertz CT molecular complexity index is 1050. The van der Waals surface area contributed by atoms with E-state index in [2.05, 4.69) is 57.1 Å². The lowest BCUT2D eigenvalue weighted by Gasteiger charge is -2.34. The Morgan fingerprint density at radius 1 is 0.848 bits per heavy atom. The van der Waals surface area contributed by atoms with Crippen molar-refractivity contribution in [3.05, 3.63) is 48.5 Å². The summed E-state index contributed by atoms with van der Waals surface area (Å²) in [6.07, 6.45) is 6.89.